The number of thioether (sulfide) groups is 1. The molecule has 8 heteroatoms. The average molecular weight is 298 g/mol. The fraction of sp³-hybridized carbons (Fsp3) is 0.273. The van der Waals surface area contributed by atoms with Crippen LogP contribution < -0.4 is 5.32 Å². The van der Waals surface area contributed by atoms with Crippen LogP contribution >= 0.6 is 11.8 Å². The van der Waals surface area contributed by atoms with Gasteiger partial charge in [0.25, 0.3) is 0 Å². The maximum Gasteiger partial charge on any atom is 0.242 e. The number of sulfonamides is 1. The van der Waals surface area contributed by atoms with Crippen molar-refractivity contribution in [3.05, 3.63) is 24.3 Å². The summed E-state index contributed by atoms with van der Waals surface area (Å²) in [5.41, 5.74) is 0.574. The molecule has 1 aromatic carbocycles. The summed E-state index contributed by atoms with van der Waals surface area (Å²) >= 11 is 1.29. The SMILES string of the molecule is CSC(=Nc1ccc(S(=O)(=O)N(C)C)cc1)NC#N. The Morgan fingerprint density at radius 3 is 2.37 bits per heavy atom. The predicted molar refractivity (Wildman–Crippen MR) is 76.7 cm³/mol. The van der Waals surface area contributed by atoms with E-state index in [0.717, 1.165) is 4.31 Å². The molecule has 1 N–H and O–H groups in total. The molecular weight excluding hydrogens is 284 g/mol. The van der Waals surface area contributed by atoms with Crippen molar-refractivity contribution in [1.29, 1.82) is 5.26 Å². The molecule has 0 aliphatic rings. The summed E-state index contributed by atoms with van der Waals surface area (Å²) in [5, 5.41) is 11.4. The van der Waals surface area contributed by atoms with E-state index in [-0.39, 0.29) is 4.90 Å². The molecule has 0 atom stereocenters. The molecule has 0 amide bonds. The van der Waals surface area contributed by atoms with Crippen molar-refractivity contribution in [2.45, 2.75) is 4.90 Å². The molecule has 0 aliphatic heterocycles. The van der Waals surface area contributed by atoms with Crippen molar-refractivity contribution in [3.8, 4) is 6.19 Å². The van der Waals surface area contributed by atoms with Gasteiger partial charge in [-0.05, 0) is 30.5 Å². The Labute approximate surface area is 117 Å². The Hall–Kier alpha value is -1.56. The molecule has 6 nitrogen and oxygen atoms in total. The normalized spacial score (nSPS) is 12.3. The molecule has 0 radical (unpaired) electrons. The topological polar surface area (TPSA) is 85.6 Å². The van der Waals surface area contributed by atoms with E-state index in [1.165, 1.54) is 38.0 Å². The molecule has 19 heavy (non-hydrogen) atoms. The third-order valence-electron chi connectivity index (χ3n) is 2.20. The number of amidine groups is 1. The molecule has 1 aromatic rings. The van der Waals surface area contributed by atoms with E-state index in [2.05, 4.69) is 10.3 Å². The van der Waals surface area contributed by atoms with Crippen LogP contribution in [0.5, 0.6) is 0 Å². The summed E-state index contributed by atoms with van der Waals surface area (Å²) < 4.78 is 24.9. The zero-order chi connectivity index (χ0) is 14.5. The highest BCUT2D eigenvalue weighted by Crippen LogP contribution is 2.19. The van der Waals surface area contributed by atoms with Gasteiger partial charge < -0.3 is 0 Å². The van der Waals surface area contributed by atoms with E-state index in [4.69, 9.17) is 5.26 Å². The highest BCUT2D eigenvalue weighted by molar-refractivity contribution is 8.13. The van der Waals surface area contributed by atoms with Crippen molar-refractivity contribution in [1.82, 2.24) is 9.62 Å². The lowest BCUT2D eigenvalue weighted by atomic mass is 10.3. The first-order chi connectivity index (χ1) is 8.91. The molecule has 0 heterocycles. The monoisotopic (exact) mass is 298 g/mol. The average Bonchev–Trinajstić information content (AvgIpc) is 2.38. The van der Waals surface area contributed by atoms with Gasteiger partial charge in [0, 0.05) is 14.1 Å². The summed E-state index contributed by atoms with van der Waals surface area (Å²) in [6.45, 7) is 0. The lowest BCUT2D eigenvalue weighted by Crippen LogP contribution is -2.22. The number of nitrogens with one attached hydrogen (secondary N) is 1. The Kier molecular flexibility index (Phi) is 5.35. The number of hydrogen-bond acceptors (Lipinski definition) is 5. The van der Waals surface area contributed by atoms with Crippen molar-refractivity contribution in [2.75, 3.05) is 20.4 Å². The summed E-state index contributed by atoms with van der Waals surface area (Å²) in [6, 6.07) is 6.15. The minimum Gasteiger partial charge on any atom is -0.271 e. The highest BCUT2D eigenvalue weighted by Gasteiger charge is 2.16. The summed E-state index contributed by atoms with van der Waals surface area (Å²) in [6.07, 6.45) is 3.57. The van der Waals surface area contributed by atoms with E-state index in [1.54, 1.807) is 24.6 Å². The number of nitriles is 1. The van der Waals surface area contributed by atoms with E-state index < -0.39 is 10.0 Å². The Morgan fingerprint density at radius 1 is 1.37 bits per heavy atom. The molecule has 0 bridgehead atoms. The van der Waals surface area contributed by atoms with Crippen LogP contribution in [0.2, 0.25) is 0 Å². The van der Waals surface area contributed by atoms with Gasteiger partial charge >= 0.3 is 0 Å². The maximum atomic E-state index is 11.9. The zero-order valence-electron chi connectivity index (χ0n) is 10.8. The number of rotatable bonds is 3. The standard InChI is InChI=1S/C11H14N4O2S2/c1-15(2)19(16,17)10-6-4-9(5-7-10)14-11(18-3)13-8-12/h4-7H,1-3H3,(H,13,14). The first-order valence-electron chi connectivity index (χ1n) is 5.22. The molecule has 102 valence electrons. The third kappa shape index (κ3) is 3.96. The van der Waals surface area contributed by atoms with Crippen LogP contribution in [0.25, 0.3) is 0 Å². The van der Waals surface area contributed by atoms with Gasteiger partial charge in [0.15, 0.2) is 11.4 Å². The number of benzene rings is 1. The van der Waals surface area contributed by atoms with Crippen LogP contribution in [0.3, 0.4) is 0 Å². The van der Waals surface area contributed by atoms with Crippen molar-refractivity contribution in [3.63, 3.8) is 0 Å². The van der Waals surface area contributed by atoms with Gasteiger partial charge in [-0.15, -0.1) is 0 Å². The lowest BCUT2D eigenvalue weighted by Gasteiger charge is -2.11. The van der Waals surface area contributed by atoms with E-state index >= 15 is 0 Å². The molecule has 0 fully saturated rings. The zero-order valence-corrected chi connectivity index (χ0v) is 12.4. The Morgan fingerprint density at radius 2 is 1.95 bits per heavy atom. The number of aliphatic imine (C=N–C) groups is 1. The van der Waals surface area contributed by atoms with E-state index in [1.807, 2.05) is 0 Å². The molecule has 0 aromatic heterocycles. The smallest absolute Gasteiger partial charge is 0.242 e. The molecule has 0 saturated carbocycles. The van der Waals surface area contributed by atoms with Crippen LogP contribution in [0, 0.1) is 11.5 Å². The molecule has 0 spiro atoms. The van der Waals surface area contributed by atoms with Crippen LogP contribution in [-0.2, 0) is 10.0 Å². The van der Waals surface area contributed by atoms with Crippen LogP contribution in [0.4, 0.5) is 5.69 Å². The van der Waals surface area contributed by atoms with Gasteiger partial charge in [-0.1, -0.05) is 11.8 Å². The summed E-state index contributed by atoms with van der Waals surface area (Å²) in [7, 11) is -0.474. The van der Waals surface area contributed by atoms with Gasteiger partial charge in [-0.3, -0.25) is 5.32 Å². The molecule has 1 rings (SSSR count). The van der Waals surface area contributed by atoms with Crippen molar-refractivity contribution in [2.24, 2.45) is 4.99 Å². The molecule has 0 saturated heterocycles. The van der Waals surface area contributed by atoms with Gasteiger partial charge in [0.05, 0.1) is 10.6 Å². The first kappa shape index (κ1) is 15.5. The van der Waals surface area contributed by atoms with Gasteiger partial charge in [-0.25, -0.2) is 17.7 Å². The minimum absolute atomic E-state index is 0.204. The Balaban J connectivity index is 3.04. The summed E-state index contributed by atoms with van der Waals surface area (Å²) in [5.74, 6) is 0. The second-order valence-corrected chi connectivity index (χ2v) is 6.59. The highest BCUT2D eigenvalue weighted by atomic mass is 32.2. The largest absolute Gasteiger partial charge is 0.271 e. The molecular formula is C11H14N4O2S2. The maximum absolute atomic E-state index is 11.9. The second-order valence-electron chi connectivity index (χ2n) is 3.64. The van der Waals surface area contributed by atoms with Crippen molar-refractivity contribution >= 4 is 32.6 Å². The third-order valence-corrected chi connectivity index (χ3v) is 4.61. The van der Waals surface area contributed by atoms with Gasteiger partial charge in [0.2, 0.25) is 10.0 Å². The predicted octanol–water partition coefficient (Wildman–Crippen LogP) is 1.36. The van der Waals surface area contributed by atoms with E-state index in [9.17, 15) is 8.42 Å². The van der Waals surface area contributed by atoms with Gasteiger partial charge in [-0.2, -0.15) is 5.26 Å². The van der Waals surface area contributed by atoms with Gasteiger partial charge in [0.1, 0.15) is 0 Å². The number of hydrogen-bond donors (Lipinski definition) is 1. The quantitative estimate of drug-likeness (QED) is 0.394. The summed E-state index contributed by atoms with van der Waals surface area (Å²) in [4.78, 5) is 4.38. The van der Waals surface area contributed by atoms with E-state index in [0.29, 0.717) is 10.9 Å². The van der Waals surface area contributed by atoms with Crippen LogP contribution in [-0.4, -0.2) is 38.2 Å². The second kappa shape index (κ2) is 6.56. The van der Waals surface area contributed by atoms with Crippen LogP contribution in [0.15, 0.2) is 34.2 Å². The number of nitrogens with zero attached hydrogens (tertiary/aromatic N) is 3. The minimum atomic E-state index is -3.43. The molecule has 0 unspecified atom stereocenters. The first-order valence-corrected chi connectivity index (χ1v) is 7.88. The fourth-order valence-corrected chi connectivity index (χ4v) is 2.44. The van der Waals surface area contributed by atoms with Crippen molar-refractivity contribution < 1.29 is 8.42 Å². The fourth-order valence-electron chi connectivity index (χ4n) is 1.19. The van der Waals surface area contributed by atoms with Crippen LogP contribution in [0.1, 0.15) is 0 Å². The lowest BCUT2D eigenvalue weighted by molar-refractivity contribution is 0.521. The Bertz CT molecular complexity index is 601. The molecule has 0 aliphatic carbocycles.